The predicted octanol–water partition coefficient (Wildman–Crippen LogP) is 3.08. The Bertz CT molecular complexity index is 385. The minimum Gasteiger partial charge on any atom is -0.481 e. The number of aliphatic carboxylic acids is 1. The zero-order valence-corrected chi connectivity index (χ0v) is 8.68. The van der Waals surface area contributed by atoms with Crippen LogP contribution >= 0.6 is 11.6 Å². The fourth-order valence-corrected chi connectivity index (χ4v) is 1.37. The molecule has 0 aliphatic rings. The molecule has 0 saturated carbocycles. The number of rotatable bonds is 3. The van der Waals surface area contributed by atoms with Crippen molar-refractivity contribution in [2.45, 2.75) is 19.3 Å². The lowest BCUT2D eigenvalue weighted by molar-refractivity contribution is -0.136. The van der Waals surface area contributed by atoms with Gasteiger partial charge < -0.3 is 5.11 Å². The quantitative estimate of drug-likeness (QED) is 0.873. The highest BCUT2D eigenvalue weighted by atomic mass is 35.5. The third-order valence-electron chi connectivity index (χ3n) is 1.90. The van der Waals surface area contributed by atoms with Crippen LogP contribution in [0.3, 0.4) is 0 Å². The van der Waals surface area contributed by atoms with Gasteiger partial charge in [0.05, 0.1) is 6.42 Å². The third kappa shape index (κ3) is 3.16. The maximum atomic E-state index is 12.9. The van der Waals surface area contributed by atoms with E-state index < -0.39 is 11.9 Å². The lowest BCUT2D eigenvalue weighted by Gasteiger charge is -2.11. The first-order valence-corrected chi connectivity index (χ1v) is 4.57. The molecule has 0 heterocycles. The van der Waals surface area contributed by atoms with Gasteiger partial charge in [0.2, 0.25) is 0 Å². The predicted molar refractivity (Wildman–Crippen MR) is 52.4 cm³/mol. The van der Waals surface area contributed by atoms with E-state index in [1.165, 1.54) is 12.1 Å². The van der Waals surface area contributed by atoms with Crippen LogP contribution in [0.15, 0.2) is 18.2 Å². The van der Waals surface area contributed by atoms with Gasteiger partial charge in [0.1, 0.15) is 0 Å². The summed E-state index contributed by atoms with van der Waals surface area (Å²) in [5, 5.41) is 8.57. The van der Waals surface area contributed by atoms with E-state index in [0.29, 0.717) is 5.56 Å². The maximum Gasteiger partial charge on any atom is 0.307 e. The van der Waals surface area contributed by atoms with Crippen LogP contribution in [0.2, 0.25) is 5.02 Å². The SMILES string of the molecule is CC(F)(F)c1ccc(CC(=O)O)c(Cl)c1. The van der Waals surface area contributed by atoms with E-state index in [2.05, 4.69) is 0 Å². The van der Waals surface area contributed by atoms with E-state index in [0.717, 1.165) is 13.0 Å². The molecule has 2 nitrogen and oxygen atoms in total. The zero-order chi connectivity index (χ0) is 11.6. The molecule has 0 saturated heterocycles. The highest BCUT2D eigenvalue weighted by Gasteiger charge is 2.24. The summed E-state index contributed by atoms with van der Waals surface area (Å²) in [5.74, 6) is -4.02. The minimum atomic E-state index is -2.97. The number of halogens is 3. The first-order chi connectivity index (χ1) is 6.80. The normalized spacial score (nSPS) is 11.5. The molecule has 0 radical (unpaired) electrons. The minimum absolute atomic E-state index is 0.0522. The Kier molecular flexibility index (Phi) is 3.29. The monoisotopic (exact) mass is 234 g/mol. The Morgan fingerprint density at radius 2 is 2.13 bits per heavy atom. The molecule has 1 aromatic rings. The molecule has 82 valence electrons. The standard InChI is InChI=1S/C10H9ClF2O2/c1-10(12,13)7-3-2-6(4-9(14)15)8(11)5-7/h2-3,5H,4H2,1H3,(H,14,15). The molecule has 0 aliphatic carbocycles. The van der Waals surface area contributed by atoms with E-state index in [9.17, 15) is 13.6 Å². The zero-order valence-electron chi connectivity index (χ0n) is 7.93. The van der Waals surface area contributed by atoms with Gasteiger partial charge in [-0.15, -0.1) is 0 Å². The van der Waals surface area contributed by atoms with Crippen LogP contribution in [0.1, 0.15) is 18.1 Å². The highest BCUT2D eigenvalue weighted by molar-refractivity contribution is 6.31. The highest BCUT2D eigenvalue weighted by Crippen LogP contribution is 2.30. The van der Waals surface area contributed by atoms with Crippen molar-refractivity contribution in [3.8, 4) is 0 Å². The van der Waals surface area contributed by atoms with Gasteiger partial charge in [-0.1, -0.05) is 23.7 Å². The van der Waals surface area contributed by atoms with Crippen molar-refractivity contribution in [2.75, 3.05) is 0 Å². The lowest BCUT2D eigenvalue weighted by Crippen LogP contribution is -2.08. The van der Waals surface area contributed by atoms with E-state index >= 15 is 0 Å². The summed E-state index contributed by atoms with van der Waals surface area (Å²) in [6.45, 7) is 0.759. The number of alkyl halides is 2. The van der Waals surface area contributed by atoms with Gasteiger partial charge >= 0.3 is 5.97 Å². The van der Waals surface area contributed by atoms with E-state index in [1.54, 1.807) is 0 Å². The van der Waals surface area contributed by atoms with Crippen molar-refractivity contribution in [3.05, 3.63) is 34.3 Å². The van der Waals surface area contributed by atoms with Crippen molar-refractivity contribution in [1.82, 2.24) is 0 Å². The molecule has 0 unspecified atom stereocenters. The molecular formula is C10H9ClF2O2. The molecule has 0 bridgehead atoms. The molecular weight excluding hydrogens is 226 g/mol. The summed E-state index contributed by atoms with van der Waals surface area (Å²) in [7, 11) is 0. The summed E-state index contributed by atoms with van der Waals surface area (Å²) in [5.41, 5.74) is 0.110. The van der Waals surface area contributed by atoms with E-state index in [1.807, 2.05) is 0 Å². The van der Waals surface area contributed by atoms with E-state index in [-0.39, 0.29) is 17.0 Å². The summed E-state index contributed by atoms with van der Waals surface area (Å²) in [6.07, 6.45) is -0.269. The first-order valence-electron chi connectivity index (χ1n) is 4.19. The number of carboxylic acid groups (broad SMARTS) is 1. The van der Waals surface area contributed by atoms with Gasteiger partial charge in [0.25, 0.3) is 5.92 Å². The second-order valence-corrected chi connectivity index (χ2v) is 3.67. The maximum absolute atomic E-state index is 12.9. The molecule has 1 rings (SSSR count). The molecule has 15 heavy (non-hydrogen) atoms. The molecule has 1 N–H and O–H groups in total. The Balaban J connectivity index is 3.03. The van der Waals surface area contributed by atoms with Crippen LogP contribution < -0.4 is 0 Å². The van der Waals surface area contributed by atoms with Gasteiger partial charge in [-0.25, -0.2) is 8.78 Å². The molecule has 0 fully saturated rings. The van der Waals surface area contributed by atoms with Crippen LogP contribution in [0.4, 0.5) is 8.78 Å². The second-order valence-electron chi connectivity index (χ2n) is 3.27. The fourth-order valence-electron chi connectivity index (χ4n) is 1.13. The smallest absolute Gasteiger partial charge is 0.307 e. The van der Waals surface area contributed by atoms with Gasteiger partial charge in [0.15, 0.2) is 0 Å². The summed E-state index contributed by atoms with van der Waals surface area (Å²) in [4.78, 5) is 10.4. The van der Waals surface area contributed by atoms with Crippen LogP contribution in [-0.4, -0.2) is 11.1 Å². The van der Waals surface area contributed by atoms with Crippen molar-refractivity contribution in [2.24, 2.45) is 0 Å². The van der Waals surface area contributed by atoms with Crippen molar-refractivity contribution in [1.29, 1.82) is 0 Å². The van der Waals surface area contributed by atoms with Crippen molar-refractivity contribution >= 4 is 17.6 Å². The van der Waals surface area contributed by atoms with Crippen LogP contribution in [0.25, 0.3) is 0 Å². The Hall–Kier alpha value is -1.16. The summed E-state index contributed by atoms with van der Waals surface area (Å²) in [6, 6.07) is 3.59. The van der Waals surface area contributed by atoms with E-state index in [4.69, 9.17) is 16.7 Å². The number of hydrogen-bond acceptors (Lipinski definition) is 1. The summed E-state index contributed by atoms with van der Waals surface area (Å²) >= 11 is 5.68. The number of carboxylic acids is 1. The van der Waals surface area contributed by atoms with Crippen molar-refractivity contribution < 1.29 is 18.7 Å². The molecule has 0 spiro atoms. The lowest BCUT2D eigenvalue weighted by atomic mass is 10.1. The summed E-state index contributed by atoms with van der Waals surface area (Å²) < 4.78 is 25.7. The topological polar surface area (TPSA) is 37.3 Å². The van der Waals surface area contributed by atoms with Gasteiger partial charge in [-0.3, -0.25) is 4.79 Å². The van der Waals surface area contributed by atoms with Gasteiger partial charge in [0, 0.05) is 17.5 Å². The molecule has 0 aliphatic heterocycles. The van der Waals surface area contributed by atoms with Gasteiger partial charge in [-0.2, -0.15) is 0 Å². The molecule has 0 aromatic heterocycles. The molecule has 5 heteroatoms. The average Bonchev–Trinajstić information content (AvgIpc) is 2.05. The molecule has 1 aromatic carbocycles. The number of carbonyl (C=O) groups is 1. The van der Waals surface area contributed by atoms with Gasteiger partial charge in [-0.05, 0) is 11.6 Å². The fraction of sp³-hybridized carbons (Fsp3) is 0.300. The van der Waals surface area contributed by atoms with Crippen molar-refractivity contribution in [3.63, 3.8) is 0 Å². The Morgan fingerprint density at radius 3 is 2.53 bits per heavy atom. The second kappa shape index (κ2) is 4.14. The van der Waals surface area contributed by atoms with Crippen LogP contribution in [0, 0.1) is 0 Å². The average molecular weight is 235 g/mol. The number of hydrogen-bond donors (Lipinski definition) is 1. The molecule has 0 amide bonds. The van der Waals surface area contributed by atoms with Crippen LogP contribution in [-0.2, 0) is 17.1 Å². The Labute approximate surface area is 90.5 Å². The largest absolute Gasteiger partial charge is 0.481 e. The van der Waals surface area contributed by atoms with Crippen LogP contribution in [0.5, 0.6) is 0 Å². The molecule has 0 atom stereocenters. The first kappa shape index (κ1) is 11.9. The number of benzene rings is 1. The Morgan fingerprint density at radius 1 is 1.53 bits per heavy atom. The third-order valence-corrected chi connectivity index (χ3v) is 2.25.